The van der Waals surface area contributed by atoms with Crippen molar-refractivity contribution in [3.63, 3.8) is 0 Å². The normalized spacial score (nSPS) is 21.0. The minimum absolute atomic E-state index is 0.603. The van der Waals surface area contributed by atoms with Crippen LogP contribution in [0.2, 0.25) is 10.0 Å². The van der Waals surface area contributed by atoms with Crippen LogP contribution >= 0.6 is 35.0 Å². The van der Waals surface area contributed by atoms with Crippen LogP contribution in [0.1, 0.15) is 19.3 Å². The molecule has 0 aliphatic carbocycles. The molecule has 0 spiro atoms. The summed E-state index contributed by atoms with van der Waals surface area (Å²) in [5.74, 6) is 1.05. The van der Waals surface area contributed by atoms with Crippen LogP contribution in [0.3, 0.4) is 0 Å². The molecule has 1 aliphatic rings. The molecule has 0 amide bonds. The van der Waals surface area contributed by atoms with E-state index < -0.39 is 0 Å². The van der Waals surface area contributed by atoms with Crippen molar-refractivity contribution in [3.05, 3.63) is 28.2 Å². The lowest BCUT2D eigenvalue weighted by Gasteiger charge is -2.23. The minimum atomic E-state index is 0.603. The third kappa shape index (κ3) is 3.30. The Morgan fingerprint density at radius 3 is 2.62 bits per heavy atom. The van der Waals surface area contributed by atoms with Crippen molar-refractivity contribution in [2.24, 2.45) is 0 Å². The molecule has 4 heteroatoms. The van der Waals surface area contributed by atoms with Crippen LogP contribution in [0.25, 0.3) is 0 Å². The molecule has 1 N–H and O–H groups in total. The molecule has 1 saturated heterocycles. The summed E-state index contributed by atoms with van der Waals surface area (Å²) in [5.41, 5.74) is 0. The van der Waals surface area contributed by atoms with Gasteiger partial charge in [-0.3, -0.25) is 0 Å². The summed E-state index contributed by atoms with van der Waals surface area (Å²) >= 11 is 14.0. The summed E-state index contributed by atoms with van der Waals surface area (Å²) in [6.45, 7) is 1.14. The Balaban J connectivity index is 1.93. The molecule has 1 atom stereocenters. The molecular weight excluding hydrogens is 261 g/mol. The fourth-order valence-electron chi connectivity index (χ4n) is 1.87. The van der Waals surface area contributed by atoms with Gasteiger partial charge in [0.1, 0.15) is 0 Å². The molecule has 1 aromatic rings. The Kier molecular flexibility index (Phi) is 4.83. The number of nitrogens with one attached hydrogen (secondary N) is 1. The lowest BCUT2D eigenvalue weighted by Crippen LogP contribution is -2.35. The quantitative estimate of drug-likeness (QED) is 0.829. The van der Waals surface area contributed by atoms with Crippen molar-refractivity contribution < 1.29 is 0 Å². The van der Waals surface area contributed by atoms with Gasteiger partial charge in [-0.25, -0.2) is 0 Å². The SMILES string of the molecule is Clc1cccc(Cl)c1SCC1CCCCN1. The maximum absolute atomic E-state index is 6.12. The third-order valence-electron chi connectivity index (χ3n) is 2.76. The van der Waals surface area contributed by atoms with Crippen LogP contribution in [0.4, 0.5) is 0 Å². The molecule has 0 aromatic heterocycles. The van der Waals surface area contributed by atoms with Crippen LogP contribution < -0.4 is 5.32 Å². The number of rotatable bonds is 3. The number of thioether (sulfide) groups is 1. The van der Waals surface area contributed by atoms with Crippen molar-refractivity contribution in [3.8, 4) is 0 Å². The van der Waals surface area contributed by atoms with Gasteiger partial charge in [0, 0.05) is 16.7 Å². The van der Waals surface area contributed by atoms with Gasteiger partial charge in [0.15, 0.2) is 0 Å². The van der Waals surface area contributed by atoms with Crippen LogP contribution in [0, 0.1) is 0 Å². The lowest BCUT2D eigenvalue weighted by molar-refractivity contribution is 0.430. The van der Waals surface area contributed by atoms with E-state index >= 15 is 0 Å². The second kappa shape index (κ2) is 6.15. The van der Waals surface area contributed by atoms with Crippen LogP contribution in [0.15, 0.2) is 23.1 Å². The summed E-state index contributed by atoms with van der Waals surface area (Å²) in [6, 6.07) is 6.27. The fourth-order valence-corrected chi connectivity index (χ4v) is 3.66. The Labute approximate surface area is 111 Å². The maximum atomic E-state index is 6.12. The number of hydrogen-bond donors (Lipinski definition) is 1. The second-order valence-electron chi connectivity index (χ2n) is 4.01. The molecule has 1 aromatic carbocycles. The monoisotopic (exact) mass is 275 g/mol. The smallest absolute Gasteiger partial charge is 0.0556 e. The van der Waals surface area contributed by atoms with Gasteiger partial charge in [-0.1, -0.05) is 35.7 Å². The average molecular weight is 276 g/mol. The van der Waals surface area contributed by atoms with Crippen LogP contribution in [0.5, 0.6) is 0 Å². The van der Waals surface area contributed by atoms with E-state index in [2.05, 4.69) is 5.32 Å². The molecule has 1 heterocycles. The number of halogens is 2. The van der Waals surface area contributed by atoms with E-state index in [4.69, 9.17) is 23.2 Å². The van der Waals surface area contributed by atoms with Gasteiger partial charge in [-0.05, 0) is 31.5 Å². The predicted octanol–water partition coefficient (Wildman–Crippen LogP) is 4.23. The van der Waals surface area contributed by atoms with Crippen molar-refractivity contribution in [2.75, 3.05) is 12.3 Å². The fraction of sp³-hybridized carbons (Fsp3) is 0.500. The zero-order valence-corrected chi connectivity index (χ0v) is 11.3. The third-order valence-corrected chi connectivity index (χ3v) is 4.91. The van der Waals surface area contributed by atoms with E-state index in [1.54, 1.807) is 11.8 Å². The standard InChI is InChI=1S/C12H15Cl2NS/c13-10-5-3-6-11(14)12(10)16-8-9-4-1-2-7-15-9/h3,5-6,9,15H,1-2,4,7-8H2. The highest BCUT2D eigenvalue weighted by Crippen LogP contribution is 2.34. The molecule has 0 radical (unpaired) electrons. The van der Waals surface area contributed by atoms with Gasteiger partial charge in [0.05, 0.1) is 10.0 Å². The summed E-state index contributed by atoms with van der Waals surface area (Å²) in [7, 11) is 0. The minimum Gasteiger partial charge on any atom is -0.313 e. The first-order valence-corrected chi connectivity index (χ1v) is 7.32. The topological polar surface area (TPSA) is 12.0 Å². The second-order valence-corrected chi connectivity index (χ2v) is 5.85. The molecule has 1 unspecified atom stereocenters. The molecule has 16 heavy (non-hydrogen) atoms. The summed E-state index contributed by atoms with van der Waals surface area (Å²) in [6.07, 6.45) is 3.89. The van der Waals surface area contributed by atoms with Crippen molar-refractivity contribution >= 4 is 35.0 Å². The lowest BCUT2D eigenvalue weighted by atomic mass is 10.1. The number of benzene rings is 1. The highest BCUT2D eigenvalue weighted by atomic mass is 35.5. The first-order chi connectivity index (χ1) is 7.77. The van der Waals surface area contributed by atoms with E-state index in [1.165, 1.54) is 19.3 Å². The van der Waals surface area contributed by atoms with Gasteiger partial charge >= 0.3 is 0 Å². The van der Waals surface area contributed by atoms with Gasteiger partial charge in [0.2, 0.25) is 0 Å². The van der Waals surface area contributed by atoms with Crippen molar-refractivity contribution in [1.82, 2.24) is 5.32 Å². The Morgan fingerprint density at radius 1 is 1.25 bits per heavy atom. The Bertz CT molecular complexity index is 331. The van der Waals surface area contributed by atoms with E-state index in [0.29, 0.717) is 6.04 Å². The Morgan fingerprint density at radius 2 is 2.00 bits per heavy atom. The highest BCUT2D eigenvalue weighted by molar-refractivity contribution is 7.99. The van der Waals surface area contributed by atoms with E-state index in [0.717, 1.165) is 27.2 Å². The molecule has 0 saturated carbocycles. The van der Waals surface area contributed by atoms with E-state index in [9.17, 15) is 0 Å². The molecular formula is C12H15Cl2NS. The molecule has 0 bridgehead atoms. The van der Waals surface area contributed by atoms with Gasteiger partial charge in [-0.2, -0.15) is 0 Å². The summed E-state index contributed by atoms with van der Waals surface area (Å²) in [5, 5.41) is 5.04. The van der Waals surface area contributed by atoms with Gasteiger partial charge in [0.25, 0.3) is 0 Å². The van der Waals surface area contributed by atoms with E-state index in [1.807, 2.05) is 18.2 Å². The van der Waals surface area contributed by atoms with Crippen molar-refractivity contribution in [2.45, 2.75) is 30.2 Å². The van der Waals surface area contributed by atoms with Gasteiger partial charge in [-0.15, -0.1) is 11.8 Å². The molecule has 1 nitrogen and oxygen atoms in total. The number of piperidine rings is 1. The highest BCUT2D eigenvalue weighted by Gasteiger charge is 2.14. The maximum Gasteiger partial charge on any atom is 0.0556 e. The molecule has 2 rings (SSSR count). The average Bonchev–Trinajstić information content (AvgIpc) is 2.30. The summed E-state index contributed by atoms with van der Waals surface area (Å²) in [4.78, 5) is 1.01. The zero-order chi connectivity index (χ0) is 11.4. The van der Waals surface area contributed by atoms with Crippen LogP contribution in [-0.2, 0) is 0 Å². The number of hydrogen-bond acceptors (Lipinski definition) is 2. The zero-order valence-electron chi connectivity index (χ0n) is 9.01. The summed E-state index contributed by atoms with van der Waals surface area (Å²) < 4.78 is 0. The Hall–Kier alpha value is 0.110. The van der Waals surface area contributed by atoms with Crippen LogP contribution in [-0.4, -0.2) is 18.3 Å². The van der Waals surface area contributed by atoms with Crippen molar-refractivity contribution in [1.29, 1.82) is 0 Å². The van der Waals surface area contributed by atoms with E-state index in [-0.39, 0.29) is 0 Å². The molecule has 88 valence electrons. The molecule has 1 fully saturated rings. The predicted molar refractivity (Wildman–Crippen MR) is 72.8 cm³/mol. The van der Waals surface area contributed by atoms with Gasteiger partial charge < -0.3 is 5.32 Å². The first kappa shape index (κ1) is 12.6. The largest absolute Gasteiger partial charge is 0.313 e. The molecule has 1 aliphatic heterocycles. The first-order valence-electron chi connectivity index (χ1n) is 5.57.